The van der Waals surface area contributed by atoms with Crippen molar-refractivity contribution in [2.24, 2.45) is 5.92 Å². The van der Waals surface area contributed by atoms with E-state index in [0.717, 1.165) is 18.7 Å². The third-order valence-electron chi connectivity index (χ3n) is 3.92. The average molecular weight is 371 g/mol. The molecule has 2 rings (SSSR count). The molecule has 1 heterocycles. The minimum Gasteiger partial charge on any atom is -0.385 e. The standard InChI is InChI=1S/C16H23ClN4O2S/c1-12(2)5-7-19-13-3-4-15(17)16(9-13)24(22,23)20-14-6-8-21(10-14)11-18/h3-4,9,12,14,19-20H,5-8,10H2,1-2H3/t14-/m1/s1. The van der Waals surface area contributed by atoms with Crippen LogP contribution in [0.1, 0.15) is 26.7 Å². The van der Waals surface area contributed by atoms with Gasteiger partial charge < -0.3 is 10.2 Å². The van der Waals surface area contributed by atoms with Gasteiger partial charge in [-0.05, 0) is 37.0 Å². The molecule has 0 amide bonds. The highest BCUT2D eigenvalue weighted by Crippen LogP contribution is 2.26. The first-order valence-electron chi connectivity index (χ1n) is 8.02. The highest BCUT2D eigenvalue weighted by atomic mass is 35.5. The second kappa shape index (κ2) is 8.06. The highest BCUT2D eigenvalue weighted by molar-refractivity contribution is 7.89. The minimum absolute atomic E-state index is 0.0640. The molecule has 0 spiro atoms. The zero-order chi connectivity index (χ0) is 17.7. The summed E-state index contributed by atoms with van der Waals surface area (Å²) < 4.78 is 27.9. The van der Waals surface area contributed by atoms with Gasteiger partial charge in [0, 0.05) is 31.4 Å². The lowest BCUT2D eigenvalue weighted by molar-refractivity contribution is 0.470. The fourth-order valence-corrected chi connectivity index (χ4v) is 4.34. The molecule has 1 aliphatic heterocycles. The zero-order valence-electron chi connectivity index (χ0n) is 13.9. The number of nitrogens with one attached hydrogen (secondary N) is 2. The van der Waals surface area contributed by atoms with E-state index in [2.05, 4.69) is 23.9 Å². The third kappa shape index (κ3) is 5.00. The van der Waals surface area contributed by atoms with E-state index < -0.39 is 10.0 Å². The summed E-state index contributed by atoms with van der Waals surface area (Å²) in [5, 5.41) is 12.3. The van der Waals surface area contributed by atoms with Crippen LogP contribution in [0.4, 0.5) is 5.69 Å². The van der Waals surface area contributed by atoms with E-state index in [1.165, 1.54) is 0 Å². The Kier molecular flexibility index (Phi) is 6.33. The molecule has 1 saturated heterocycles. The summed E-state index contributed by atoms with van der Waals surface area (Å²) in [6.07, 6.45) is 3.64. The Labute approximate surface area is 148 Å². The van der Waals surface area contributed by atoms with Crippen molar-refractivity contribution in [3.8, 4) is 6.19 Å². The first-order chi connectivity index (χ1) is 11.3. The van der Waals surface area contributed by atoms with Gasteiger partial charge in [-0.3, -0.25) is 0 Å². The monoisotopic (exact) mass is 370 g/mol. The molecule has 1 fully saturated rings. The van der Waals surface area contributed by atoms with Crippen molar-refractivity contribution in [2.75, 3.05) is 25.0 Å². The van der Waals surface area contributed by atoms with Crippen molar-refractivity contribution in [3.05, 3.63) is 23.2 Å². The summed E-state index contributed by atoms with van der Waals surface area (Å²) in [5.41, 5.74) is 0.727. The lowest BCUT2D eigenvalue weighted by Gasteiger charge is -2.15. The molecule has 0 aromatic heterocycles. The van der Waals surface area contributed by atoms with Crippen LogP contribution in [0.25, 0.3) is 0 Å². The van der Waals surface area contributed by atoms with Gasteiger partial charge in [-0.25, -0.2) is 13.1 Å². The molecule has 2 N–H and O–H groups in total. The van der Waals surface area contributed by atoms with Crippen LogP contribution in [0.2, 0.25) is 5.02 Å². The molecular weight excluding hydrogens is 348 g/mol. The Hall–Kier alpha value is -1.49. The summed E-state index contributed by atoms with van der Waals surface area (Å²) in [4.78, 5) is 1.60. The van der Waals surface area contributed by atoms with E-state index in [4.69, 9.17) is 16.9 Å². The van der Waals surface area contributed by atoms with E-state index >= 15 is 0 Å². The number of halogens is 1. The second-order valence-corrected chi connectivity index (χ2v) is 8.50. The topological polar surface area (TPSA) is 85.2 Å². The predicted octanol–water partition coefficient (Wildman–Crippen LogP) is 2.63. The van der Waals surface area contributed by atoms with Crippen molar-refractivity contribution in [2.45, 2.75) is 37.6 Å². The Morgan fingerprint density at radius 2 is 2.21 bits per heavy atom. The van der Waals surface area contributed by atoms with Gasteiger partial charge >= 0.3 is 0 Å². The molecule has 1 aliphatic rings. The minimum atomic E-state index is -3.73. The predicted molar refractivity (Wildman–Crippen MR) is 95.3 cm³/mol. The summed E-state index contributed by atoms with van der Waals surface area (Å²) in [6.45, 7) is 5.99. The number of benzene rings is 1. The lowest BCUT2D eigenvalue weighted by atomic mass is 10.1. The maximum absolute atomic E-state index is 12.6. The molecule has 6 nitrogen and oxygen atoms in total. The fraction of sp³-hybridized carbons (Fsp3) is 0.562. The maximum Gasteiger partial charge on any atom is 0.242 e. The maximum atomic E-state index is 12.6. The van der Waals surface area contributed by atoms with Crippen LogP contribution in [0.3, 0.4) is 0 Å². The Morgan fingerprint density at radius 3 is 2.83 bits per heavy atom. The Morgan fingerprint density at radius 1 is 1.46 bits per heavy atom. The first-order valence-corrected chi connectivity index (χ1v) is 9.88. The largest absolute Gasteiger partial charge is 0.385 e. The van der Waals surface area contributed by atoms with Crippen LogP contribution in [0.15, 0.2) is 23.1 Å². The van der Waals surface area contributed by atoms with Crippen LogP contribution < -0.4 is 10.0 Å². The number of sulfonamides is 1. The lowest BCUT2D eigenvalue weighted by Crippen LogP contribution is -2.36. The molecule has 0 unspecified atom stereocenters. The number of hydrogen-bond donors (Lipinski definition) is 2. The van der Waals surface area contributed by atoms with Crippen molar-refractivity contribution in [1.82, 2.24) is 9.62 Å². The SMILES string of the molecule is CC(C)CCNc1ccc(Cl)c(S(=O)(=O)N[C@@H]2CCN(C#N)C2)c1. The van der Waals surface area contributed by atoms with Gasteiger partial charge in [0.05, 0.1) is 5.02 Å². The molecule has 0 aliphatic carbocycles. The van der Waals surface area contributed by atoms with Gasteiger partial charge in [-0.2, -0.15) is 5.26 Å². The van der Waals surface area contributed by atoms with Gasteiger partial charge in [0.15, 0.2) is 6.19 Å². The van der Waals surface area contributed by atoms with Crippen LogP contribution in [0, 0.1) is 17.4 Å². The van der Waals surface area contributed by atoms with E-state index in [1.807, 2.05) is 6.19 Å². The van der Waals surface area contributed by atoms with Crippen molar-refractivity contribution in [3.63, 3.8) is 0 Å². The number of hydrogen-bond acceptors (Lipinski definition) is 5. The van der Waals surface area contributed by atoms with E-state index in [9.17, 15) is 8.42 Å². The number of rotatable bonds is 7. The zero-order valence-corrected chi connectivity index (χ0v) is 15.5. The molecular formula is C16H23ClN4O2S. The summed E-state index contributed by atoms with van der Waals surface area (Å²) in [7, 11) is -3.73. The van der Waals surface area contributed by atoms with Gasteiger partial charge in [-0.15, -0.1) is 0 Å². The fourth-order valence-electron chi connectivity index (χ4n) is 2.55. The number of likely N-dealkylation sites (tertiary alicyclic amines) is 1. The molecule has 0 radical (unpaired) electrons. The Bertz CT molecular complexity index is 715. The molecule has 24 heavy (non-hydrogen) atoms. The molecule has 1 atom stereocenters. The van der Waals surface area contributed by atoms with E-state index in [-0.39, 0.29) is 16.0 Å². The van der Waals surface area contributed by atoms with Gasteiger partial charge in [0.25, 0.3) is 0 Å². The molecule has 1 aromatic rings. The number of anilines is 1. The molecule has 0 saturated carbocycles. The molecule has 0 bridgehead atoms. The van der Waals surface area contributed by atoms with Crippen molar-refractivity contribution in [1.29, 1.82) is 5.26 Å². The van der Waals surface area contributed by atoms with Crippen LogP contribution in [0.5, 0.6) is 0 Å². The van der Waals surface area contributed by atoms with E-state index in [1.54, 1.807) is 23.1 Å². The summed E-state index contributed by atoms with van der Waals surface area (Å²) in [6, 6.07) is 4.64. The third-order valence-corrected chi connectivity index (χ3v) is 5.93. The molecule has 132 valence electrons. The summed E-state index contributed by atoms with van der Waals surface area (Å²) >= 11 is 6.10. The van der Waals surface area contributed by atoms with Crippen LogP contribution in [-0.2, 0) is 10.0 Å². The number of nitriles is 1. The van der Waals surface area contributed by atoms with Crippen LogP contribution >= 0.6 is 11.6 Å². The van der Waals surface area contributed by atoms with Gasteiger partial charge in [0.1, 0.15) is 4.90 Å². The van der Waals surface area contributed by atoms with E-state index in [0.29, 0.717) is 25.4 Å². The Balaban J connectivity index is 2.10. The summed E-state index contributed by atoms with van der Waals surface area (Å²) in [5.74, 6) is 0.570. The average Bonchev–Trinajstić information content (AvgIpc) is 2.95. The van der Waals surface area contributed by atoms with Crippen molar-refractivity contribution < 1.29 is 8.42 Å². The first kappa shape index (κ1) is 18.8. The highest BCUT2D eigenvalue weighted by Gasteiger charge is 2.28. The molecule has 8 heteroatoms. The van der Waals surface area contributed by atoms with Crippen LogP contribution in [-0.4, -0.2) is 39.0 Å². The second-order valence-electron chi connectivity index (χ2n) is 6.41. The normalized spacial score (nSPS) is 18.0. The van der Waals surface area contributed by atoms with Gasteiger partial charge in [-0.1, -0.05) is 25.4 Å². The smallest absolute Gasteiger partial charge is 0.242 e. The van der Waals surface area contributed by atoms with Crippen molar-refractivity contribution >= 4 is 27.3 Å². The quantitative estimate of drug-likeness (QED) is 0.720. The number of nitrogens with zero attached hydrogens (tertiary/aromatic N) is 2. The van der Waals surface area contributed by atoms with Gasteiger partial charge in [0.2, 0.25) is 10.0 Å². The molecule has 1 aromatic carbocycles.